The van der Waals surface area contributed by atoms with Gasteiger partial charge in [0.2, 0.25) is 5.88 Å². The largest absolute Gasteiger partial charge is 0.439 e. The van der Waals surface area contributed by atoms with Crippen LogP contribution in [0, 0.1) is 6.92 Å². The lowest BCUT2D eigenvalue weighted by Gasteiger charge is -2.06. The summed E-state index contributed by atoms with van der Waals surface area (Å²) in [4.78, 5) is 7.94. The molecule has 2 rings (SSSR count). The van der Waals surface area contributed by atoms with E-state index in [1.165, 1.54) is 6.33 Å². The second kappa shape index (κ2) is 4.40. The van der Waals surface area contributed by atoms with Gasteiger partial charge in [-0.2, -0.15) is 0 Å². The van der Waals surface area contributed by atoms with E-state index in [1.54, 1.807) is 6.07 Å². The number of aromatic nitrogens is 2. The van der Waals surface area contributed by atoms with Gasteiger partial charge in [-0.15, -0.1) is 0 Å². The lowest BCUT2D eigenvalue weighted by Crippen LogP contribution is -1.90. The third kappa shape index (κ3) is 2.53. The van der Waals surface area contributed by atoms with Gasteiger partial charge in [0.1, 0.15) is 16.7 Å². The van der Waals surface area contributed by atoms with Crippen LogP contribution in [0.4, 0.5) is 0 Å². The standard InChI is InChI=1S/C11H9BrN2O/c1-8-4-2-3-5-9(8)15-11-6-10(12)13-7-14-11/h2-7H,1H3. The van der Waals surface area contributed by atoms with E-state index >= 15 is 0 Å². The predicted molar refractivity (Wildman–Crippen MR) is 61.0 cm³/mol. The van der Waals surface area contributed by atoms with Gasteiger partial charge in [-0.1, -0.05) is 18.2 Å². The topological polar surface area (TPSA) is 35.0 Å². The molecule has 0 radical (unpaired) electrons. The Kier molecular flexibility index (Phi) is 2.97. The van der Waals surface area contributed by atoms with Gasteiger partial charge in [0.15, 0.2) is 0 Å². The number of hydrogen-bond acceptors (Lipinski definition) is 3. The minimum atomic E-state index is 0.533. The predicted octanol–water partition coefficient (Wildman–Crippen LogP) is 3.34. The highest BCUT2D eigenvalue weighted by Crippen LogP contribution is 2.23. The van der Waals surface area contributed by atoms with E-state index in [9.17, 15) is 0 Å². The average Bonchev–Trinajstić information content (AvgIpc) is 2.22. The van der Waals surface area contributed by atoms with Gasteiger partial charge >= 0.3 is 0 Å². The third-order valence-electron chi connectivity index (χ3n) is 1.92. The molecule has 0 aliphatic carbocycles. The second-order valence-corrected chi connectivity index (χ2v) is 3.86. The van der Waals surface area contributed by atoms with Crippen LogP contribution in [0.5, 0.6) is 11.6 Å². The number of halogens is 1. The van der Waals surface area contributed by atoms with Crippen molar-refractivity contribution in [2.45, 2.75) is 6.92 Å². The molecule has 0 aliphatic heterocycles. The lowest BCUT2D eigenvalue weighted by molar-refractivity contribution is 0.457. The smallest absolute Gasteiger partial charge is 0.223 e. The van der Waals surface area contributed by atoms with E-state index in [-0.39, 0.29) is 0 Å². The van der Waals surface area contributed by atoms with Crippen molar-refractivity contribution < 1.29 is 4.74 Å². The van der Waals surface area contributed by atoms with Gasteiger partial charge < -0.3 is 4.74 Å². The van der Waals surface area contributed by atoms with Crippen LogP contribution in [0.1, 0.15) is 5.56 Å². The summed E-state index contributed by atoms with van der Waals surface area (Å²) >= 11 is 3.26. The van der Waals surface area contributed by atoms with Gasteiger partial charge in [0.05, 0.1) is 0 Å². The molecule has 15 heavy (non-hydrogen) atoms. The van der Waals surface area contributed by atoms with E-state index in [1.807, 2.05) is 31.2 Å². The zero-order valence-electron chi connectivity index (χ0n) is 8.14. The SMILES string of the molecule is Cc1ccccc1Oc1cc(Br)ncn1. The molecule has 0 fully saturated rings. The maximum atomic E-state index is 5.61. The highest BCUT2D eigenvalue weighted by molar-refractivity contribution is 9.10. The number of ether oxygens (including phenoxy) is 1. The maximum Gasteiger partial charge on any atom is 0.223 e. The van der Waals surface area contributed by atoms with Crippen LogP contribution in [-0.4, -0.2) is 9.97 Å². The van der Waals surface area contributed by atoms with Crippen molar-refractivity contribution in [2.75, 3.05) is 0 Å². The van der Waals surface area contributed by atoms with Gasteiger partial charge in [-0.05, 0) is 34.5 Å². The molecule has 0 unspecified atom stereocenters. The average molecular weight is 265 g/mol. The van der Waals surface area contributed by atoms with Crippen molar-refractivity contribution in [3.8, 4) is 11.6 Å². The van der Waals surface area contributed by atoms with Gasteiger partial charge in [0.25, 0.3) is 0 Å². The first-order chi connectivity index (χ1) is 7.25. The van der Waals surface area contributed by atoms with E-state index in [0.29, 0.717) is 10.5 Å². The quantitative estimate of drug-likeness (QED) is 0.781. The first-order valence-electron chi connectivity index (χ1n) is 4.47. The Bertz CT molecular complexity index is 474. The Morgan fingerprint density at radius 2 is 2.00 bits per heavy atom. The molecule has 0 saturated heterocycles. The summed E-state index contributed by atoms with van der Waals surface area (Å²) in [6.07, 6.45) is 1.46. The molecule has 1 aromatic heterocycles. The van der Waals surface area contributed by atoms with Crippen molar-refractivity contribution in [1.82, 2.24) is 9.97 Å². The number of nitrogens with zero attached hydrogens (tertiary/aromatic N) is 2. The summed E-state index contributed by atoms with van der Waals surface area (Å²) in [6, 6.07) is 9.53. The Morgan fingerprint density at radius 1 is 1.20 bits per heavy atom. The first-order valence-corrected chi connectivity index (χ1v) is 5.26. The van der Waals surface area contributed by atoms with Crippen LogP contribution in [0.2, 0.25) is 0 Å². The van der Waals surface area contributed by atoms with Gasteiger partial charge in [-0.25, -0.2) is 9.97 Å². The molecule has 1 heterocycles. The molecule has 0 saturated carbocycles. The number of benzene rings is 1. The normalized spacial score (nSPS) is 10.0. The molecule has 0 N–H and O–H groups in total. The minimum absolute atomic E-state index is 0.533. The summed E-state index contributed by atoms with van der Waals surface area (Å²) in [5.41, 5.74) is 1.08. The van der Waals surface area contributed by atoms with Crippen LogP contribution in [0.25, 0.3) is 0 Å². The minimum Gasteiger partial charge on any atom is -0.439 e. The third-order valence-corrected chi connectivity index (χ3v) is 2.35. The van der Waals surface area contributed by atoms with Crippen LogP contribution in [0.15, 0.2) is 41.3 Å². The monoisotopic (exact) mass is 264 g/mol. The van der Waals surface area contributed by atoms with Crippen molar-refractivity contribution in [1.29, 1.82) is 0 Å². The Labute approximate surface area is 96.3 Å². The fourth-order valence-electron chi connectivity index (χ4n) is 1.16. The molecule has 0 bridgehead atoms. The zero-order chi connectivity index (χ0) is 10.7. The molecule has 76 valence electrons. The maximum absolute atomic E-state index is 5.61. The molecular formula is C11H9BrN2O. The molecular weight excluding hydrogens is 256 g/mol. The molecule has 4 heteroatoms. The Balaban J connectivity index is 2.26. The Morgan fingerprint density at radius 3 is 2.73 bits per heavy atom. The molecule has 0 amide bonds. The summed E-state index contributed by atoms with van der Waals surface area (Å²) in [5.74, 6) is 1.34. The Hall–Kier alpha value is -1.42. The molecule has 2 aromatic rings. The summed E-state index contributed by atoms with van der Waals surface area (Å²) in [7, 11) is 0. The number of rotatable bonds is 2. The van der Waals surface area contributed by atoms with E-state index in [2.05, 4.69) is 25.9 Å². The van der Waals surface area contributed by atoms with E-state index < -0.39 is 0 Å². The molecule has 1 aromatic carbocycles. The molecule has 3 nitrogen and oxygen atoms in total. The molecule has 0 atom stereocenters. The first kappa shape index (κ1) is 10.1. The van der Waals surface area contributed by atoms with Crippen molar-refractivity contribution in [3.63, 3.8) is 0 Å². The fourth-order valence-corrected chi connectivity index (χ4v) is 1.44. The van der Waals surface area contributed by atoms with Crippen LogP contribution in [0.3, 0.4) is 0 Å². The van der Waals surface area contributed by atoms with Crippen LogP contribution >= 0.6 is 15.9 Å². The lowest BCUT2D eigenvalue weighted by atomic mass is 10.2. The van der Waals surface area contributed by atoms with Crippen molar-refractivity contribution in [2.24, 2.45) is 0 Å². The highest BCUT2D eigenvalue weighted by atomic mass is 79.9. The van der Waals surface area contributed by atoms with E-state index in [4.69, 9.17) is 4.74 Å². The van der Waals surface area contributed by atoms with Gasteiger partial charge in [-0.3, -0.25) is 0 Å². The van der Waals surface area contributed by atoms with Crippen LogP contribution in [-0.2, 0) is 0 Å². The summed E-state index contributed by atoms with van der Waals surface area (Å²) in [6.45, 7) is 1.99. The van der Waals surface area contributed by atoms with Crippen molar-refractivity contribution >= 4 is 15.9 Å². The number of para-hydroxylation sites is 1. The summed E-state index contributed by atoms with van der Waals surface area (Å²) in [5, 5.41) is 0. The highest BCUT2D eigenvalue weighted by Gasteiger charge is 2.01. The van der Waals surface area contributed by atoms with Gasteiger partial charge in [0, 0.05) is 6.07 Å². The van der Waals surface area contributed by atoms with Crippen LogP contribution < -0.4 is 4.74 Å². The number of aryl methyl sites for hydroxylation is 1. The zero-order valence-corrected chi connectivity index (χ0v) is 9.73. The molecule has 0 spiro atoms. The van der Waals surface area contributed by atoms with E-state index in [0.717, 1.165) is 11.3 Å². The number of hydrogen-bond donors (Lipinski definition) is 0. The fraction of sp³-hybridized carbons (Fsp3) is 0.0909. The molecule has 0 aliphatic rings. The summed E-state index contributed by atoms with van der Waals surface area (Å²) < 4.78 is 6.32. The second-order valence-electron chi connectivity index (χ2n) is 3.05. The van der Waals surface area contributed by atoms with Crippen molar-refractivity contribution in [3.05, 3.63) is 46.8 Å².